The lowest BCUT2D eigenvalue weighted by atomic mass is 10.3. The van der Waals surface area contributed by atoms with Gasteiger partial charge in [0.2, 0.25) is 5.91 Å². The van der Waals surface area contributed by atoms with Crippen LogP contribution in [0, 0.1) is 5.82 Å². The molecule has 0 radical (unpaired) electrons. The number of hydrogen-bond donors (Lipinski definition) is 1. The Balaban J connectivity index is 1.92. The first-order valence-corrected chi connectivity index (χ1v) is 6.89. The predicted molar refractivity (Wildman–Crippen MR) is 73.0 cm³/mol. The number of hydrogen-bond acceptors (Lipinski definition) is 2. The molecule has 5 heteroatoms. The Bertz CT molecular complexity index is 449. The van der Waals surface area contributed by atoms with E-state index in [2.05, 4.69) is 21.2 Å². The van der Waals surface area contributed by atoms with Crippen molar-refractivity contribution in [3.05, 3.63) is 28.5 Å². The molecule has 1 aliphatic carbocycles. The SMILES string of the molecule is CCN(C(=O)CNc1ccc(Br)cc1F)C1CC1. The minimum Gasteiger partial charge on any atom is -0.374 e. The van der Waals surface area contributed by atoms with Crippen LogP contribution in [0.1, 0.15) is 19.8 Å². The fourth-order valence-corrected chi connectivity index (χ4v) is 2.26. The molecule has 0 bridgehead atoms. The fourth-order valence-electron chi connectivity index (χ4n) is 1.93. The molecule has 0 unspecified atom stereocenters. The monoisotopic (exact) mass is 314 g/mol. The molecule has 98 valence electrons. The van der Waals surface area contributed by atoms with Gasteiger partial charge in [0.25, 0.3) is 0 Å². The van der Waals surface area contributed by atoms with Crippen LogP contribution in [0.15, 0.2) is 22.7 Å². The summed E-state index contributed by atoms with van der Waals surface area (Å²) in [6.45, 7) is 2.83. The smallest absolute Gasteiger partial charge is 0.242 e. The van der Waals surface area contributed by atoms with Crippen molar-refractivity contribution < 1.29 is 9.18 Å². The summed E-state index contributed by atoms with van der Waals surface area (Å²) in [6.07, 6.45) is 2.18. The van der Waals surface area contributed by atoms with Gasteiger partial charge in [-0.05, 0) is 38.0 Å². The standard InChI is InChI=1S/C13H16BrFN2O/c1-2-17(10-4-5-10)13(18)8-16-12-6-3-9(14)7-11(12)15/h3,6-7,10,16H,2,4-5,8H2,1H3. The number of carbonyl (C=O) groups excluding carboxylic acids is 1. The maximum atomic E-state index is 13.5. The van der Waals surface area contributed by atoms with E-state index in [-0.39, 0.29) is 18.3 Å². The highest BCUT2D eigenvalue weighted by Crippen LogP contribution is 2.26. The summed E-state index contributed by atoms with van der Waals surface area (Å²) in [5.41, 5.74) is 0.360. The van der Waals surface area contributed by atoms with E-state index in [4.69, 9.17) is 0 Å². The van der Waals surface area contributed by atoms with Crippen molar-refractivity contribution in [1.29, 1.82) is 0 Å². The third-order valence-corrected chi connectivity index (χ3v) is 3.50. The van der Waals surface area contributed by atoms with E-state index >= 15 is 0 Å². The number of amides is 1. The van der Waals surface area contributed by atoms with Gasteiger partial charge in [-0.25, -0.2) is 4.39 Å². The van der Waals surface area contributed by atoms with E-state index in [1.807, 2.05) is 11.8 Å². The summed E-state index contributed by atoms with van der Waals surface area (Å²) < 4.78 is 14.2. The van der Waals surface area contributed by atoms with Crippen molar-refractivity contribution in [1.82, 2.24) is 4.90 Å². The molecule has 1 aromatic rings. The Kier molecular flexibility index (Phi) is 4.22. The molecular formula is C13H16BrFN2O. The Hall–Kier alpha value is -1.10. The molecule has 0 atom stereocenters. The maximum Gasteiger partial charge on any atom is 0.242 e. The van der Waals surface area contributed by atoms with Crippen molar-refractivity contribution in [2.45, 2.75) is 25.8 Å². The lowest BCUT2D eigenvalue weighted by Gasteiger charge is -2.20. The number of carbonyl (C=O) groups is 1. The first kappa shape index (κ1) is 13.3. The number of likely N-dealkylation sites (N-methyl/N-ethyl adjacent to an activating group) is 1. The number of benzene rings is 1. The second-order valence-electron chi connectivity index (χ2n) is 4.39. The van der Waals surface area contributed by atoms with Crippen LogP contribution in [-0.4, -0.2) is 29.9 Å². The van der Waals surface area contributed by atoms with Gasteiger partial charge in [-0.2, -0.15) is 0 Å². The summed E-state index contributed by atoms with van der Waals surface area (Å²) in [4.78, 5) is 13.8. The van der Waals surface area contributed by atoms with Gasteiger partial charge < -0.3 is 10.2 Å². The van der Waals surface area contributed by atoms with E-state index in [0.29, 0.717) is 22.7 Å². The molecule has 1 aliphatic rings. The van der Waals surface area contributed by atoms with Gasteiger partial charge in [0.05, 0.1) is 12.2 Å². The van der Waals surface area contributed by atoms with Crippen LogP contribution >= 0.6 is 15.9 Å². The number of rotatable bonds is 5. The average molecular weight is 315 g/mol. The van der Waals surface area contributed by atoms with Gasteiger partial charge >= 0.3 is 0 Å². The highest BCUT2D eigenvalue weighted by Gasteiger charge is 2.30. The van der Waals surface area contributed by atoms with Crippen LogP contribution in [-0.2, 0) is 4.79 Å². The molecule has 1 N–H and O–H groups in total. The molecular weight excluding hydrogens is 299 g/mol. The molecule has 0 spiro atoms. The largest absolute Gasteiger partial charge is 0.374 e. The van der Waals surface area contributed by atoms with Crippen molar-refractivity contribution >= 4 is 27.5 Å². The van der Waals surface area contributed by atoms with Gasteiger partial charge in [0.15, 0.2) is 0 Å². The minimum atomic E-state index is -0.355. The fraction of sp³-hybridized carbons (Fsp3) is 0.462. The third-order valence-electron chi connectivity index (χ3n) is 3.01. The zero-order chi connectivity index (χ0) is 13.1. The quantitative estimate of drug-likeness (QED) is 0.906. The molecule has 0 saturated heterocycles. The zero-order valence-corrected chi connectivity index (χ0v) is 11.8. The Morgan fingerprint density at radius 3 is 2.83 bits per heavy atom. The van der Waals surface area contributed by atoms with E-state index in [1.54, 1.807) is 12.1 Å². The number of nitrogens with one attached hydrogen (secondary N) is 1. The van der Waals surface area contributed by atoms with Crippen LogP contribution in [0.3, 0.4) is 0 Å². The van der Waals surface area contributed by atoms with Crippen molar-refractivity contribution in [2.24, 2.45) is 0 Å². The number of nitrogens with zero attached hydrogens (tertiary/aromatic N) is 1. The predicted octanol–water partition coefficient (Wildman–Crippen LogP) is 3.01. The topological polar surface area (TPSA) is 32.3 Å². The molecule has 1 amide bonds. The van der Waals surface area contributed by atoms with Gasteiger partial charge in [0, 0.05) is 17.1 Å². The summed E-state index contributed by atoms with van der Waals surface area (Å²) >= 11 is 3.20. The minimum absolute atomic E-state index is 0.0299. The number of anilines is 1. The normalized spacial score (nSPS) is 14.4. The lowest BCUT2D eigenvalue weighted by molar-refractivity contribution is -0.129. The summed E-state index contributed by atoms with van der Waals surface area (Å²) in [7, 11) is 0. The van der Waals surface area contributed by atoms with E-state index in [9.17, 15) is 9.18 Å². The van der Waals surface area contributed by atoms with E-state index < -0.39 is 0 Å². The second kappa shape index (κ2) is 5.69. The molecule has 2 rings (SSSR count). The van der Waals surface area contributed by atoms with Crippen molar-refractivity contribution in [3.8, 4) is 0 Å². The first-order valence-electron chi connectivity index (χ1n) is 6.10. The molecule has 0 heterocycles. The van der Waals surface area contributed by atoms with Gasteiger partial charge in [-0.1, -0.05) is 15.9 Å². The molecule has 0 aromatic heterocycles. The van der Waals surface area contributed by atoms with Gasteiger partial charge in [-0.3, -0.25) is 4.79 Å². The second-order valence-corrected chi connectivity index (χ2v) is 5.30. The van der Waals surface area contributed by atoms with Crippen molar-refractivity contribution in [3.63, 3.8) is 0 Å². The lowest BCUT2D eigenvalue weighted by Crippen LogP contribution is -2.37. The molecule has 3 nitrogen and oxygen atoms in total. The zero-order valence-electron chi connectivity index (χ0n) is 10.2. The van der Waals surface area contributed by atoms with Gasteiger partial charge in [0.1, 0.15) is 5.82 Å². The summed E-state index contributed by atoms with van der Waals surface area (Å²) in [5, 5.41) is 2.85. The van der Waals surface area contributed by atoms with Crippen LogP contribution in [0.2, 0.25) is 0 Å². The third kappa shape index (κ3) is 3.22. The molecule has 1 aromatic carbocycles. The summed E-state index contributed by atoms with van der Waals surface area (Å²) in [6, 6.07) is 5.15. The van der Waals surface area contributed by atoms with Crippen LogP contribution < -0.4 is 5.32 Å². The van der Waals surface area contributed by atoms with Crippen LogP contribution in [0.25, 0.3) is 0 Å². The molecule has 0 aliphatic heterocycles. The first-order chi connectivity index (χ1) is 8.61. The average Bonchev–Trinajstić information content (AvgIpc) is 3.13. The highest BCUT2D eigenvalue weighted by molar-refractivity contribution is 9.10. The van der Waals surface area contributed by atoms with Crippen LogP contribution in [0.4, 0.5) is 10.1 Å². The Morgan fingerprint density at radius 1 is 1.56 bits per heavy atom. The van der Waals surface area contributed by atoms with E-state index in [0.717, 1.165) is 12.8 Å². The summed E-state index contributed by atoms with van der Waals surface area (Å²) in [5.74, 6) is -0.325. The molecule has 1 fully saturated rings. The molecule has 18 heavy (non-hydrogen) atoms. The highest BCUT2D eigenvalue weighted by atomic mass is 79.9. The number of halogens is 2. The Labute approximate surface area is 114 Å². The Morgan fingerprint density at radius 2 is 2.28 bits per heavy atom. The van der Waals surface area contributed by atoms with Gasteiger partial charge in [-0.15, -0.1) is 0 Å². The molecule has 1 saturated carbocycles. The van der Waals surface area contributed by atoms with Crippen molar-refractivity contribution in [2.75, 3.05) is 18.4 Å². The van der Waals surface area contributed by atoms with E-state index in [1.165, 1.54) is 6.07 Å². The maximum absolute atomic E-state index is 13.5. The van der Waals surface area contributed by atoms with Crippen LogP contribution in [0.5, 0.6) is 0 Å².